The number of nitrogens with zero attached hydrogens (tertiary/aromatic N) is 2. The molecule has 1 fully saturated rings. The lowest BCUT2D eigenvalue weighted by Crippen LogP contribution is -2.35. The number of benzene rings is 1. The lowest BCUT2D eigenvalue weighted by Gasteiger charge is -2.30. The number of nitrogens with one attached hydrogen (secondary N) is 1. The van der Waals surface area contributed by atoms with Crippen LogP contribution in [0, 0.1) is 24.2 Å². The second kappa shape index (κ2) is 11.2. The van der Waals surface area contributed by atoms with E-state index < -0.39 is 5.91 Å². The fraction of sp³-hybridized carbons (Fsp3) is 0.522. The monoisotopic (exact) mass is 413 g/mol. The van der Waals surface area contributed by atoms with Crippen LogP contribution in [0.3, 0.4) is 0 Å². The van der Waals surface area contributed by atoms with Gasteiger partial charge >= 0.3 is 5.97 Å². The van der Waals surface area contributed by atoms with Crippen molar-refractivity contribution in [2.75, 3.05) is 26.3 Å². The summed E-state index contributed by atoms with van der Waals surface area (Å²) in [6, 6.07) is 7.52. The van der Waals surface area contributed by atoms with E-state index in [1.807, 2.05) is 49.9 Å². The van der Waals surface area contributed by atoms with Gasteiger partial charge in [-0.3, -0.25) is 9.59 Å². The lowest BCUT2D eigenvalue weighted by molar-refractivity contribution is -0.149. The average molecular weight is 414 g/mol. The molecular formula is C23H31N3O4. The summed E-state index contributed by atoms with van der Waals surface area (Å²) in [5.41, 5.74) is 1.98. The van der Waals surface area contributed by atoms with Crippen LogP contribution in [-0.4, -0.2) is 43.1 Å². The maximum Gasteiger partial charge on any atom is 0.309 e. The molecule has 1 N–H and O–H groups in total. The van der Waals surface area contributed by atoms with Crippen molar-refractivity contribution in [3.8, 4) is 11.8 Å². The largest absolute Gasteiger partial charge is 0.494 e. The van der Waals surface area contributed by atoms with E-state index in [-0.39, 0.29) is 23.5 Å². The second-order valence-electron chi connectivity index (χ2n) is 7.39. The van der Waals surface area contributed by atoms with E-state index in [0.717, 1.165) is 16.9 Å². The van der Waals surface area contributed by atoms with Gasteiger partial charge in [0.25, 0.3) is 5.91 Å². The van der Waals surface area contributed by atoms with Crippen LogP contribution >= 0.6 is 0 Å². The van der Waals surface area contributed by atoms with Crippen molar-refractivity contribution in [2.45, 2.75) is 46.6 Å². The standard InChI is InChI=1S/C23H31N3O4/c1-5-29-21-8-7-16(3)13-20(21)17(4)25-22(27)19(14-24)15-26-11-9-18(10-12-26)23(28)30-6-2/h7-8,13,15,17-18H,5-6,9-12H2,1-4H3,(H,25,27)/b19-15-. The molecule has 1 aliphatic heterocycles. The summed E-state index contributed by atoms with van der Waals surface area (Å²) in [7, 11) is 0. The van der Waals surface area contributed by atoms with Gasteiger partial charge in [0.05, 0.1) is 25.2 Å². The quantitative estimate of drug-likeness (QED) is 0.400. The van der Waals surface area contributed by atoms with Crippen molar-refractivity contribution >= 4 is 11.9 Å². The predicted molar refractivity (Wildman–Crippen MR) is 114 cm³/mol. The number of ether oxygens (including phenoxy) is 2. The van der Waals surface area contributed by atoms with Crippen molar-refractivity contribution in [2.24, 2.45) is 5.92 Å². The molecule has 0 aliphatic carbocycles. The number of hydrogen-bond donors (Lipinski definition) is 1. The smallest absolute Gasteiger partial charge is 0.309 e. The molecule has 1 aromatic carbocycles. The highest BCUT2D eigenvalue weighted by Gasteiger charge is 2.26. The fourth-order valence-corrected chi connectivity index (χ4v) is 3.49. The Labute approximate surface area is 178 Å². The first kappa shape index (κ1) is 23.3. The molecule has 1 unspecified atom stereocenters. The van der Waals surface area contributed by atoms with Crippen molar-refractivity contribution in [1.29, 1.82) is 5.26 Å². The summed E-state index contributed by atoms with van der Waals surface area (Å²) in [6.07, 6.45) is 2.88. The minimum Gasteiger partial charge on any atom is -0.494 e. The molecule has 0 aromatic heterocycles. The summed E-state index contributed by atoms with van der Waals surface area (Å²) in [5, 5.41) is 12.4. The summed E-state index contributed by atoms with van der Waals surface area (Å²) in [6.45, 7) is 9.66. The highest BCUT2D eigenvalue weighted by molar-refractivity contribution is 5.97. The molecular weight excluding hydrogens is 382 g/mol. The first-order valence-corrected chi connectivity index (χ1v) is 10.5. The van der Waals surface area contributed by atoms with Crippen molar-refractivity contribution in [1.82, 2.24) is 10.2 Å². The van der Waals surface area contributed by atoms with Gasteiger partial charge in [-0.1, -0.05) is 17.7 Å². The second-order valence-corrected chi connectivity index (χ2v) is 7.39. The molecule has 162 valence electrons. The molecule has 7 heteroatoms. The molecule has 0 spiro atoms. The Morgan fingerprint density at radius 1 is 1.30 bits per heavy atom. The molecule has 1 heterocycles. The van der Waals surface area contributed by atoms with E-state index in [1.165, 1.54) is 0 Å². The topological polar surface area (TPSA) is 91.7 Å². The van der Waals surface area contributed by atoms with Gasteiger partial charge in [-0.05, 0) is 46.6 Å². The van der Waals surface area contributed by atoms with Crippen molar-refractivity contribution in [3.63, 3.8) is 0 Å². The van der Waals surface area contributed by atoms with Gasteiger partial charge in [0.15, 0.2) is 0 Å². The van der Waals surface area contributed by atoms with Crippen LogP contribution in [0.25, 0.3) is 0 Å². The maximum absolute atomic E-state index is 12.7. The average Bonchev–Trinajstić information content (AvgIpc) is 2.73. The zero-order valence-electron chi connectivity index (χ0n) is 18.2. The maximum atomic E-state index is 12.7. The SMILES string of the molecule is CCOC(=O)C1CCN(/C=C(/C#N)C(=O)NC(C)c2cc(C)ccc2OCC)CC1. The van der Waals surface area contributed by atoms with Gasteiger partial charge < -0.3 is 19.7 Å². The van der Waals surface area contributed by atoms with Gasteiger partial charge in [0, 0.05) is 24.9 Å². The zero-order valence-corrected chi connectivity index (χ0v) is 18.2. The molecule has 0 bridgehead atoms. The number of nitriles is 1. The Morgan fingerprint density at radius 2 is 2.00 bits per heavy atom. The number of aryl methyl sites for hydroxylation is 1. The van der Waals surface area contributed by atoms with Crippen molar-refractivity contribution in [3.05, 3.63) is 41.1 Å². The molecule has 1 aromatic rings. The third-order valence-corrected chi connectivity index (χ3v) is 5.11. The molecule has 1 saturated heterocycles. The van der Waals surface area contributed by atoms with Crippen LogP contribution in [-0.2, 0) is 14.3 Å². The highest BCUT2D eigenvalue weighted by atomic mass is 16.5. The van der Waals surface area contributed by atoms with Gasteiger partial charge in [-0.15, -0.1) is 0 Å². The minimum atomic E-state index is -0.429. The molecule has 0 radical (unpaired) electrons. The number of piperidine rings is 1. The van der Waals surface area contributed by atoms with Gasteiger partial charge in [-0.2, -0.15) is 5.26 Å². The fourth-order valence-electron chi connectivity index (χ4n) is 3.49. The van der Waals surface area contributed by atoms with E-state index in [4.69, 9.17) is 9.47 Å². The molecule has 1 amide bonds. The molecule has 7 nitrogen and oxygen atoms in total. The predicted octanol–water partition coefficient (Wildman–Crippen LogP) is 3.25. The van der Waals surface area contributed by atoms with Crippen LogP contribution < -0.4 is 10.1 Å². The number of rotatable bonds is 8. The van der Waals surface area contributed by atoms with Crippen LogP contribution in [0.1, 0.15) is 50.8 Å². The molecule has 30 heavy (non-hydrogen) atoms. The van der Waals surface area contributed by atoms with E-state index in [2.05, 4.69) is 5.32 Å². The molecule has 1 aliphatic rings. The number of carbonyl (C=O) groups is 2. The third-order valence-electron chi connectivity index (χ3n) is 5.11. The molecule has 1 atom stereocenters. The zero-order chi connectivity index (χ0) is 22.1. The van der Waals surface area contributed by atoms with Crippen LogP contribution in [0.15, 0.2) is 30.0 Å². The number of amides is 1. The number of carbonyl (C=O) groups excluding carboxylic acids is 2. The van der Waals surface area contributed by atoms with Crippen LogP contribution in [0.4, 0.5) is 0 Å². The Balaban J connectivity index is 2.02. The Morgan fingerprint density at radius 3 is 2.60 bits per heavy atom. The van der Waals surface area contributed by atoms with Gasteiger partial charge in [0.1, 0.15) is 17.4 Å². The minimum absolute atomic E-state index is 0.0436. The number of esters is 1. The number of likely N-dealkylation sites (tertiary alicyclic amines) is 1. The van der Waals surface area contributed by atoms with E-state index in [0.29, 0.717) is 39.1 Å². The Hall–Kier alpha value is -3.01. The summed E-state index contributed by atoms with van der Waals surface area (Å²) < 4.78 is 10.8. The molecule has 0 saturated carbocycles. The van der Waals surface area contributed by atoms with Gasteiger partial charge in [-0.25, -0.2) is 0 Å². The van der Waals surface area contributed by atoms with Crippen LogP contribution in [0.5, 0.6) is 5.75 Å². The van der Waals surface area contributed by atoms with Crippen molar-refractivity contribution < 1.29 is 19.1 Å². The summed E-state index contributed by atoms with van der Waals surface area (Å²) >= 11 is 0. The third kappa shape index (κ3) is 6.24. The number of hydrogen-bond acceptors (Lipinski definition) is 6. The lowest BCUT2D eigenvalue weighted by atomic mass is 9.97. The highest BCUT2D eigenvalue weighted by Crippen LogP contribution is 2.27. The molecule has 2 rings (SSSR count). The first-order valence-electron chi connectivity index (χ1n) is 10.5. The Bertz CT molecular complexity index is 820. The van der Waals surface area contributed by atoms with E-state index in [1.54, 1.807) is 13.1 Å². The first-order chi connectivity index (χ1) is 14.4. The van der Waals surface area contributed by atoms with Gasteiger partial charge in [0.2, 0.25) is 0 Å². The normalized spacial score (nSPS) is 15.8. The van der Waals surface area contributed by atoms with E-state index >= 15 is 0 Å². The summed E-state index contributed by atoms with van der Waals surface area (Å²) in [4.78, 5) is 26.5. The van der Waals surface area contributed by atoms with Crippen LogP contribution in [0.2, 0.25) is 0 Å². The Kier molecular flexibility index (Phi) is 8.72. The summed E-state index contributed by atoms with van der Waals surface area (Å²) in [5.74, 6) is 0.00430. The van der Waals surface area contributed by atoms with E-state index in [9.17, 15) is 14.9 Å².